The summed E-state index contributed by atoms with van der Waals surface area (Å²) in [5.74, 6) is 0. The lowest BCUT2D eigenvalue weighted by Gasteiger charge is -2.05. The maximum Gasteiger partial charge on any atom is 0.0720 e. The predicted octanol–water partition coefficient (Wildman–Crippen LogP) is 3.92. The zero-order valence-electron chi connectivity index (χ0n) is 8.04. The summed E-state index contributed by atoms with van der Waals surface area (Å²) in [5.41, 5.74) is 2.22. The van der Waals surface area contributed by atoms with E-state index in [-0.39, 0.29) is 0 Å². The van der Waals surface area contributed by atoms with E-state index >= 15 is 0 Å². The van der Waals surface area contributed by atoms with Crippen molar-refractivity contribution in [2.45, 2.75) is 11.8 Å². The van der Waals surface area contributed by atoms with Gasteiger partial charge in [-0.05, 0) is 36.9 Å². The Kier molecular flexibility index (Phi) is 2.66. The number of pyridine rings is 1. The first kappa shape index (κ1) is 9.81. The quantitative estimate of drug-likeness (QED) is 0.680. The molecule has 3 heteroatoms. The third-order valence-corrected chi connectivity index (χ3v) is 3.41. The Hall–Kier alpha value is -0.730. The highest BCUT2D eigenvalue weighted by Crippen LogP contribution is 2.28. The lowest BCUT2D eigenvalue weighted by atomic mass is 10.1. The zero-order chi connectivity index (χ0) is 10.1. The van der Waals surface area contributed by atoms with Gasteiger partial charge >= 0.3 is 0 Å². The second-order valence-electron chi connectivity index (χ2n) is 3.13. The Morgan fingerprint density at radius 2 is 2.14 bits per heavy atom. The molecule has 0 radical (unpaired) electrons. The van der Waals surface area contributed by atoms with Gasteiger partial charge in [-0.3, -0.25) is 4.98 Å². The third-order valence-electron chi connectivity index (χ3n) is 2.20. The summed E-state index contributed by atoms with van der Waals surface area (Å²) < 4.78 is 0. The Morgan fingerprint density at radius 1 is 1.36 bits per heavy atom. The largest absolute Gasteiger partial charge is 0.256 e. The van der Waals surface area contributed by atoms with Crippen molar-refractivity contribution in [3.63, 3.8) is 0 Å². The lowest BCUT2D eigenvalue weighted by Crippen LogP contribution is -1.84. The van der Waals surface area contributed by atoms with E-state index in [0.717, 1.165) is 15.9 Å². The highest BCUT2D eigenvalue weighted by Gasteiger charge is 2.03. The summed E-state index contributed by atoms with van der Waals surface area (Å²) in [6.07, 6.45) is 3.81. The van der Waals surface area contributed by atoms with Crippen molar-refractivity contribution in [3.05, 3.63) is 35.0 Å². The minimum absolute atomic E-state index is 0.769. The monoisotopic (exact) mass is 223 g/mol. The second kappa shape index (κ2) is 3.79. The van der Waals surface area contributed by atoms with Crippen LogP contribution in [0.1, 0.15) is 5.56 Å². The van der Waals surface area contributed by atoms with Gasteiger partial charge in [-0.2, -0.15) is 0 Å². The van der Waals surface area contributed by atoms with Crippen LogP contribution in [0.25, 0.3) is 10.9 Å². The van der Waals surface area contributed by atoms with E-state index in [9.17, 15) is 0 Å². The lowest BCUT2D eigenvalue weighted by molar-refractivity contribution is 1.30. The first-order valence-electron chi connectivity index (χ1n) is 4.31. The van der Waals surface area contributed by atoms with Crippen LogP contribution in [0.2, 0.25) is 5.02 Å². The van der Waals surface area contributed by atoms with Gasteiger partial charge in [0.05, 0.1) is 10.5 Å². The maximum absolute atomic E-state index is 6.09. The van der Waals surface area contributed by atoms with Crippen LogP contribution < -0.4 is 0 Å². The molecule has 0 bridgehead atoms. The molecule has 0 unspecified atom stereocenters. The fourth-order valence-electron chi connectivity index (χ4n) is 1.46. The molecular weight excluding hydrogens is 214 g/mol. The van der Waals surface area contributed by atoms with Gasteiger partial charge in [0.1, 0.15) is 0 Å². The molecule has 0 fully saturated rings. The van der Waals surface area contributed by atoms with Gasteiger partial charge in [0.15, 0.2) is 0 Å². The number of thioether (sulfide) groups is 1. The zero-order valence-corrected chi connectivity index (χ0v) is 9.62. The van der Waals surface area contributed by atoms with Gasteiger partial charge in [-0.15, -0.1) is 11.8 Å². The fourth-order valence-corrected chi connectivity index (χ4v) is 2.29. The molecule has 0 saturated heterocycles. The smallest absolute Gasteiger partial charge is 0.0720 e. The number of hydrogen-bond acceptors (Lipinski definition) is 2. The van der Waals surface area contributed by atoms with Gasteiger partial charge < -0.3 is 0 Å². The molecule has 1 nitrogen and oxygen atoms in total. The standard InChI is InChI=1S/C11H10ClNS/c1-7-5-10-8(6-11(7)14-2)9(12)3-4-13-10/h3-6H,1-2H3. The molecule has 0 N–H and O–H groups in total. The Bertz CT molecular complexity index is 482. The first-order chi connectivity index (χ1) is 6.72. The molecule has 2 aromatic rings. The third kappa shape index (κ3) is 1.60. The number of aromatic nitrogens is 1. The van der Waals surface area contributed by atoms with Crippen LogP contribution in [-0.4, -0.2) is 11.2 Å². The molecule has 0 aliphatic rings. The molecule has 2 rings (SSSR count). The number of benzene rings is 1. The van der Waals surface area contributed by atoms with Crippen molar-refractivity contribution >= 4 is 34.3 Å². The molecule has 0 aliphatic carbocycles. The summed E-state index contributed by atoms with van der Waals surface area (Å²) in [5, 5.41) is 1.80. The van der Waals surface area contributed by atoms with E-state index in [4.69, 9.17) is 11.6 Å². The SMILES string of the molecule is CSc1cc2c(Cl)ccnc2cc1C. The highest BCUT2D eigenvalue weighted by molar-refractivity contribution is 7.98. The van der Waals surface area contributed by atoms with E-state index in [1.54, 1.807) is 18.0 Å². The molecule has 0 saturated carbocycles. The molecule has 1 aromatic heterocycles. The molecule has 0 amide bonds. The van der Waals surface area contributed by atoms with Crippen molar-refractivity contribution in [2.75, 3.05) is 6.26 Å². The number of nitrogens with zero attached hydrogens (tertiary/aromatic N) is 1. The van der Waals surface area contributed by atoms with E-state index < -0.39 is 0 Å². The maximum atomic E-state index is 6.09. The van der Waals surface area contributed by atoms with Crippen molar-refractivity contribution in [2.24, 2.45) is 0 Å². The average Bonchev–Trinajstić information content (AvgIpc) is 2.17. The molecule has 0 aliphatic heterocycles. The number of rotatable bonds is 1. The molecule has 0 atom stereocenters. The fraction of sp³-hybridized carbons (Fsp3) is 0.182. The molecular formula is C11H10ClNS. The van der Waals surface area contributed by atoms with Crippen LogP contribution in [0.15, 0.2) is 29.3 Å². The summed E-state index contributed by atoms with van der Waals surface area (Å²) in [6.45, 7) is 2.09. The van der Waals surface area contributed by atoms with Crippen LogP contribution in [0.5, 0.6) is 0 Å². The Labute approximate surface area is 92.5 Å². The predicted molar refractivity (Wildman–Crippen MR) is 63.3 cm³/mol. The summed E-state index contributed by atoms with van der Waals surface area (Å²) in [7, 11) is 0. The minimum atomic E-state index is 0.769. The number of halogens is 1. The Balaban J connectivity index is 2.80. The first-order valence-corrected chi connectivity index (χ1v) is 5.91. The van der Waals surface area contributed by atoms with Crippen molar-refractivity contribution in [3.8, 4) is 0 Å². The normalized spacial score (nSPS) is 10.8. The number of hydrogen-bond donors (Lipinski definition) is 0. The molecule has 72 valence electrons. The minimum Gasteiger partial charge on any atom is -0.256 e. The summed E-state index contributed by atoms with van der Waals surface area (Å²) >= 11 is 7.82. The van der Waals surface area contributed by atoms with Crippen molar-refractivity contribution in [1.29, 1.82) is 0 Å². The van der Waals surface area contributed by atoms with E-state index in [1.165, 1.54) is 10.5 Å². The van der Waals surface area contributed by atoms with Crippen LogP contribution in [-0.2, 0) is 0 Å². The van der Waals surface area contributed by atoms with Crippen molar-refractivity contribution < 1.29 is 0 Å². The second-order valence-corrected chi connectivity index (χ2v) is 4.39. The van der Waals surface area contributed by atoms with Crippen molar-refractivity contribution in [1.82, 2.24) is 4.98 Å². The van der Waals surface area contributed by atoms with E-state index in [1.807, 2.05) is 6.07 Å². The summed E-state index contributed by atoms with van der Waals surface area (Å²) in [6, 6.07) is 6.00. The molecule has 14 heavy (non-hydrogen) atoms. The van der Waals surface area contributed by atoms with Crippen LogP contribution >= 0.6 is 23.4 Å². The average molecular weight is 224 g/mol. The van der Waals surface area contributed by atoms with Crippen LogP contribution in [0.4, 0.5) is 0 Å². The Morgan fingerprint density at radius 3 is 2.86 bits per heavy atom. The molecule has 1 aromatic carbocycles. The summed E-state index contributed by atoms with van der Waals surface area (Å²) in [4.78, 5) is 5.54. The van der Waals surface area contributed by atoms with Gasteiger partial charge in [0.25, 0.3) is 0 Å². The van der Waals surface area contributed by atoms with Crippen LogP contribution in [0, 0.1) is 6.92 Å². The number of fused-ring (bicyclic) bond motifs is 1. The van der Waals surface area contributed by atoms with Gasteiger partial charge in [0.2, 0.25) is 0 Å². The molecule has 0 spiro atoms. The van der Waals surface area contributed by atoms with Gasteiger partial charge in [-0.1, -0.05) is 11.6 Å². The van der Waals surface area contributed by atoms with E-state index in [2.05, 4.69) is 30.3 Å². The van der Waals surface area contributed by atoms with E-state index in [0.29, 0.717) is 0 Å². The molecule has 1 heterocycles. The topological polar surface area (TPSA) is 12.9 Å². The number of aryl methyl sites for hydroxylation is 1. The van der Waals surface area contributed by atoms with Gasteiger partial charge in [-0.25, -0.2) is 0 Å². The van der Waals surface area contributed by atoms with Crippen LogP contribution in [0.3, 0.4) is 0 Å². The highest BCUT2D eigenvalue weighted by atomic mass is 35.5. The van der Waals surface area contributed by atoms with Gasteiger partial charge in [0, 0.05) is 16.5 Å².